The van der Waals surface area contributed by atoms with Crippen molar-refractivity contribution in [3.63, 3.8) is 0 Å². The Labute approximate surface area is 96.5 Å². The third-order valence-electron chi connectivity index (χ3n) is 3.14. The molecule has 82 valence electrons. The minimum Gasteiger partial charge on any atom is -0.477 e. The number of carbonyl (C=O) groups is 1. The number of thiophene rings is 1. The zero-order valence-corrected chi connectivity index (χ0v) is 9.43. The first kappa shape index (κ1) is 9.66. The molecule has 3 nitrogen and oxygen atoms in total. The van der Waals surface area contributed by atoms with Crippen LogP contribution < -0.4 is 5.73 Å². The second-order valence-electron chi connectivity index (χ2n) is 4.12. The van der Waals surface area contributed by atoms with E-state index in [4.69, 9.17) is 10.8 Å². The van der Waals surface area contributed by atoms with Gasteiger partial charge in [0.25, 0.3) is 0 Å². The highest BCUT2D eigenvalue weighted by Crippen LogP contribution is 2.37. The van der Waals surface area contributed by atoms with E-state index in [9.17, 15) is 4.79 Å². The lowest BCUT2D eigenvalue weighted by Crippen LogP contribution is -1.97. The van der Waals surface area contributed by atoms with Crippen molar-refractivity contribution in [2.45, 2.75) is 19.3 Å². The molecule has 0 saturated carbocycles. The molecule has 0 radical (unpaired) electrons. The smallest absolute Gasteiger partial charge is 0.348 e. The van der Waals surface area contributed by atoms with Gasteiger partial charge in [-0.1, -0.05) is 0 Å². The number of carboxylic acids is 1. The Balaban J connectivity index is 2.32. The van der Waals surface area contributed by atoms with E-state index < -0.39 is 5.97 Å². The van der Waals surface area contributed by atoms with Crippen LogP contribution in [0.15, 0.2) is 12.1 Å². The van der Waals surface area contributed by atoms with E-state index in [1.54, 1.807) is 0 Å². The maximum atomic E-state index is 11.0. The van der Waals surface area contributed by atoms with Gasteiger partial charge in [-0.05, 0) is 42.5 Å². The summed E-state index contributed by atoms with van der Waals surface area (Å²) in [5.41, 5.74) is 8.96. The summed E-state index contributed by atoms with van der Waals surface area (Å²) in [5, 5.41) is 9.91. The minimum atomic E-state index is -0.932. The molecule has 2 aromatic rings. The van der Waals surface area contributed by atoms with Crippen molar-refractivity contribution >= 4 is 33.1 Å². The van der Waals surface area contributed by atoms with Crippen LogP contribution in [-0.4, -0.2) is 11.1 Å². The molecule has 0 fully saturated rings. The largest absolute Gasteiger partial charge is 0.477 e. The van der Waals surface area contributed by atoms with E-state index in [1.165, 1.54) is 28.9 Å². The Morgan fingerprint density at radius 1 is 1.31 bits per heavy atom. The number of aromatic carboxylic acids is 1. The van der Waals surface area contributed by atoms with Crippen LogP contribution in [0.5, 0.6) is 0 Å². The second-order valence-corrected chi connectivity index (χ2v) is 5.17. The fraction of sp³-hybridized carbons (Fsp3) is 0.250. The summed E-state index contributed by atoms with van der Waals surface area (Å²) >= 11 is 1.27. The minimum absolute atomic E-state index is 0.263. The van der Waals surface area contributed by atoms with Gasteiger partial charge in [-0.3, -0.25) is 0 Å². The fourth-order valence-electron chi connectivity index (χ4n) is 2.34. The van der Waals surface area contributed by atoms with Gasteiger partial charge in [0.1, 0.15) is 4.88 Å². The van der Waals surface area contributed by atoms with Crippen LogP contribution in [0.25, 0.3) is 10.1 Å². The molecule has 3 N–H and O–H groups in total. The van der Waals surface area contributed by atoms with E-state index in [0.717, 1.165) is 22.9 Å². The molecule has 0 saturated heterocycles. The van der Waals surface area contributed by atoms with Gasteiger partial charge in [0.05, 0.1) is 5.69 Å². The monoisotopic (exact) mass is 233 g/mol. The van der Waals surface area contributed by atoms with Gasteiger partial charge < -0.3 is 10.8 Å². The molecule has 4 heteroatoms. The van der Waals surface area contributed by atoms with Crippen LogP contribution >= 0.6 is 11.3 Å². The Kier molecular flexibility index (Phi) is 1.94. The highest BCUT2D eigenvalue weighted by atomic mass is 32.1. The molecule has 0 amide bonds. The Bertz CT molecular complexity index is 601. The maximum Gasteiger partial charge on any atom is 0.348 e. The number of nitrogen functional groups attached to an aromatic ring is 1. The fourth-order valence-corrected chi connectivity index (χ4v) is 3.35. The number of aryl methyl sites for hydroxylation is 2. The van der Waals surface area contributed by atoms with E-state index in [2.05, 4.69) is 12.1 Å². The van der Waals surface area contributed by atoms with Crippen molar-refractivity contribution in [3.05, 3.63) is 28.1 Å². The highest BCUT2D eigenvalue weighted by molar-refractivity contribution is 7.21. The number of carboxylic acid groups (broad SMARTS) is 1. The second kappa shape index (κ2) is 3.22. The molecule has 0 spiro atoms. The van der Waals surface area contributed by atoms with Crippen molar-refractivity contribution in [1.29, 1.82) is 0 Å². The lowest BCUT2D eigenvalue weighted by Gasteiger charge is -1.99. The van der Waals surface area contributed by atoms with Gasteiger partial charge >= 0.3 is 5.97 Å². The quantitative estimate of drug-likeness (QED) is 0.796. The molecule has 0 aliphatic heterocycles. The van der Waals surface area contributed by atoms with Crippen LogP contribution in [0.4, 0.5) is 5.69 Å². The summed E-state index contributed by atoms with van der Waals surface area (Å²) in [6.45, 7) is 0. The van der Waals surface area contributed by atoms with E-state index >= 15 is 0 Å². The van der Waals surface area contributed by atoms with Gasteiger partial charge in [0.15, 0.2) is 0 Å². The van der Waals surface area contributed by atoms with Crippen molar-refractivity contribution in [3.8, 4) is 0 Å². The van der Waals surface area contributed by atoms with Gasteiger partial charge in [-0.2, -0.15) is 0 Å². The predicted molar refractivity (Wildman–Crippen MR) is 65.2 cm³/mol. The first-order valence-corrected chi connectivity index (χ1v) is 6.05. The van der Waals surface area contributed by atoms with Crippen molar-refractivity contribution < 1.29 is 9.90 Å². The molecule has 0 atom stereocenters. The zero-order valence-electron chi connectivity index (χ0n) is 8.62. The molecule has 1 aliphatic rings. The predicted octanol–water partition coefficient (Wildman–Crippen LogP) is 2.67. The summed E-state index contributed by atoms with van der Waals surface area (Å²) in [6, 6.07) is 4.17. The van der Waals surface area contributed by atoms with Gasteiger partial charge in [-0.25, -0.2) is 4.79 Å². The molecule has 1 heterocycles. The van der Waals surface area contributed by atoms with Crippen LogP contribution in [0, 0.1) is 0 Å². The Hall–Kier alpha value is -1.55. The first-order valence-electron chi connectivity index (χ1n) is 5.24. The third kappa shape index (κ3) is 1.23. The van der Waals surface area contributed by atoms with E-state index in [0.29, 0.717) is 5.69 Å². The zero-order chi connectivity index (χ0) is 11.3. The number of hydrogen-bond acceptors (Lipinski definition) is 3. The number of nitrogens with two attached hydrogens (primary N) is 1. The summed E-state index contributed by atoms with van der Waals surface area (Å²) in [5.74, 6) is -0.932. The summed E-state index contributed by atoms with van der Waals surface area (Å²) in [7, 11) is 0. The molecule has 1 aromatic heterocycles. The van der Waals surface area contributed by atoms with E-state index in [-0.39, 0.29) is 4.88 Å². The molecule has 1 aliphatic carbocycles. The summed E-state index contributed by atoms with van der Waals surface area (Å²) in [6.07, 6.45) is 3.38. The van der Waals surface area contributed by atoms with Gasteiger partial charge in [-0.15, -0.1) is 11.3 Å². The molecule has 16 heavy (non-hydrogen) atoms. The molecule has 3 rings (SSSR count). The average Bonchev–Trinajstić information content (AvgIpc) is 2.80. The number of benzene rings is 1. The number of anilines is 1. The van der Waals surface area contributed by atoms with Crippen molar-refractivity contribution in [2.24, 2.45) is 0 Å². The summed E-state index contributed by atoms with van der Waals surface area (Å²) < 4.78 is 0.996. The van der Waals surface area contributed by atoms with Crippen LogP contribution in [0.2, 0.25) is 0 Å². The maximum absolute atomic E-state index is 11.0. The number of rotatable bonds is 1. The van der Waals surface area contributed by atoms with Gasteiger partial charge in [0, 0.05) is 10.1 Å². The van der Waals surface area contributed by atoms with Crippen LogP contribution in [0.1, 0.15) is 27.2 Å². The highest BCUT2D eigenvalue weighted by Gasteiger charge is 2.18. The third-order valence-corrected chi connectivity index (χ3v) is 4.29. The lowest BCUT2D eigenvalue weighted by molar-refractivity contribution is 0.0703. The van der Waals surface area contributed by atoms with E-state index in [1.807, 2.05) is 0 Å². The van der Waals surface area contributed by atoms with Crippen LogP contribution in [0.3, 0.4) is 0 Å². The topological polar surface area (TPSA) is 63.3 Å². The molecule has 0 unspecified atom stereocenters. The SMILES string of the molecule is Nc1c(C(=O)O)sc2cc3c(cc12)CCC3. The Morgan fingerprint density at radius 2 is 2.00 bits per heavy atom. The van der Waals surface area contributed by atoms with Crippen molar-refractivity contribution in [1.82, 2.24) is 0 Å². The molecule has 1 aromatic carbocycles. The molecule has 0 bridgehead atoms. The standard InChI is InChI=1S/C12H11NO2S/c13-10-8-4-6-2-1-3-7(6)5-9(8)16-11(10)12(14)15/h4-5H,1-3,13H2,(H,14,15). The van der Waals surface area contributed by atoms with Gasteiger partial charge in [0.2, 0.25) is 0 Å². The van der Waals surface area contributed by atoms with Crippen molar-refractivity contribution in [2.75, 3.05) is 5.73 Å². The Morgan fingerprint density at radius 3 is 2.69 bits per heavy atom. The lowest BCUT2D eigenvalue weighted by atomic mass is 10.1. The number of fused-ring (bicyclic) bond motifs is 2. The normalized spacial score (nSPS) is 14.2. The summed E-state index contributed by atoms with van der Waals surface area (Å²) in [4.78, 5) is 11.2. The molecular weight excluding hydrogens is 222 g/mol. The van der Waals surface area contributed by atoms with Crippen LogP contribution in [-0.2, 0) is 12.8 Å². The number of hydrogen-bond donors (Lipinski definition) is 2. The average molecular weight is 233 g/mol. The first-order chi connectivity index (χ1) is 7.66. The molecular formula is C12H11NO2S.